The Morgan fingerprint density at radius 3 is 2.08 bits per heavy atom. The summed E-state index contributed by atoms with van der Waals surface area (Å²) in [5, 5.41) is 14.6. The lowest BCUT2D eigenvalue weighted by atomic mass is 9.87. The van der Waals surface area contributed by atoms with E-state index in [0.29, 0.717) is 24.1 Å². The lowest BCUT2D eigenvalue weighted by Crippen LogP contribution is -2.13. The molecule has 1 aromatic heterocycles. The molecule has 1 N–H and O–H groups in total. The van der Waals surface area contributed by atoms with Crippen molar-refractivity contribution in [3.8, 4) is 5.69 Å². The average molecular weight is 357 g/mol. The minimum Gasteiger partial charge on any atom is -0.478 e. The molecule has 0 aliphatic carbocycles. The van der Waals surface area contributed by atoms with Gasteiger partial charge in [-0.15, -0.1) is 0 Å². The van der Waals surface area contributed by atoms with Crippen molar-refractivity contribution in [1.82, 2.24) is 9.78 Å². The highest BCUT2D eigenvalue weighted by Gasteiger charge is 2.26. The summed E-state index contributed by atoms with van der Waals surface area (Å²) in [6.07, 6.45) is 2.21. The van der Waals surface area contributed by atoms with Gasteiger partial charge in [-0.1, -0.05) is 67.0 Å². The minimum absolute atomic E-state index is 0.0248. The largest absolute Gasteiger partial charge is 0.478 e. The van der Waals surface area contributed by atoms with Crippen molar-refractivity contribution in [3.63, 3.8) is 0 Å². The van der Waals surface area contributed by atoms with Gasteiger partial charge in [-0.05, 0) is 41.4 Å². The Bertz CT molecular complexity index is 772. The number of carboxylic acids is 1. The maximum atomic E-state index is 12.0. The molecule has 2 aromatic rings. The van der Waals surface area contributed by atoms with Crippen molar-refractivity contribution in [2.45, 2.75) is 73.1 Å². The molecule has 0 bridgehead atoms. The predicted octanol–water partition coefficient (Wildman–Crippen LogP) is 5.41. The molecule has 0 saturated heterocycles. The van der Waals surface area contributed by atoms with Crippen molar-refractivity contribution in [3.05, 3.63) is 46.8 Å². The summed E-state index contributed by atoms with van der Waals surface area (Å²) < 4.78 is 1.83. The predicted molar refractivity (Wildman–Crippen MR) is 106 cm³/mol. The Balaban J connectivity index is 2.60. The number of hydrogen-bond donors (Lipinski definition) is 1. The van der Waals surface area contributed by atoms with E-state index in [1.807, 2.05) is 16.8 Å². The SMILES string of the molecule is CCCc1c(C(=O)O)c(CC(C)(C)C)nn1-c1ccc(C(C)(C)C)cc1. The van der Waals surface area contributed by atoms with Crippen molar-refractivity contribution in [2.75, 3.05) is 0 Å². The summed E-state index contributed by atoms with van der Waals surface area (Å²) in [6, 6.07) is 8.30. The monoisotopic (exact) mass is 356 g/mol. The molecule has 4 heteroatoms. The van der Waals surface area contributed by atoms with Crippen LogP contribution in [0.3, 0.4) is 0 Å². The number of hydrogen-bond acceptors (Lipinski definition) is 2. The first kappa shape index (κ1) is 20.2. The van der Waals surface area contributed by atoms with E-state index in [2.05, 4.69) is 60.6 Å². The van der Waals surface area contributed by atoms with Crippen LogP contribution >= 0.6 is 0 Å². The second-order valence-corrected chi connectivity index (χ2v) is 9.27. The van der Waals surface area contributed by atoms with Crippen LogP contribution in [0.25, 0.3) is 5.69 Å². The van der Waals surface area contributed by atoms with Crippen LogP contribution in [0.2, 0.25) is 0 Å². The Morgan fingerprint density at radius 2 is 1.65 bits per heavy atom. The Hall–Kier alpha value is -2.10. The third kappa shape index (κ3) is 4.54. The minimum atomic E-state index is -0.884. The van der Waals surface area contributed by atoms with Crippen LogP contribution in [0.1, 0.15) is 82.2 Å². The van der Waals surface area contributed by atoms with Crippen LogP contribution in [0.5, 0.6) is 0 Å². The van der Waals surface area contributed by atoms with Gasteiger partial charge in [-0.3, -0.25) is 0 Å². The summed E-state index contributed by atoms with van der Waals surface area (Å²) >= 11 is 0. The van der Waals surface area contributed by atoms with E-state index in [4.69, 9.17) is 5.10 Å². The van der Waals surface area contributed by atoms with E-state index in [1.54, 1.807) is 0 Å². The van der Waals surface area contributed by atoms with E-state index < -0.39 is 5.97 Å². The van der Waals surface area contributed by atoms with Gasteiger partial charge in [-0.2, -0.15) is 5.10 Å². The first-order chi connectivity index (χ1) is 11.9. The Labute approximate surface area is 157 Å². The van der Waals surface area contributed by atoms with Gasteiger partial charge in [0.1, 0.15) is 5.56 Å². The topological polar surface area (TPSA) is 55.1 Å². The van der Waals surface area contributed by atoms with Gasteiger partial charge in [-0.25, -0.2) is 9.48 Å². The fourth-order valence-corrected chi connectivity index (χ4v) is 3.16. The first-order valence-electron chi connectivity index (χ1n) is 9.39. The number of rotatable bonds is 5. The molecular formula is C22H32N2O2. The summed E-state index contributed by atoms with van der Waals surface area (Å²) in [6.45, 7) is 14.9. The summed E-state index contributed by atoms with van der Waals surface area (Å²) in [4.78, 5) is 12.0. The second-order valence-electron chi connectivity index (χ2n) is 9.27. The van der Waals surface area contributed by atoms with E-state index in [0.717, 1.165) is 17.8 Å². The van der Waals surface area contributed by atoms with Crippen molar-refractivity contribution in [1.29, 1.82) is 0 Å². The van der Waals surface area contributed by atoms with E-state index in [-0.39, 0.29) is 10.8 Å². The van der Waals surface area contributed by atoms with Crippen LogP contribution in [0.4, 0.5) is 0 Å². The van der Waals surface area contributed by atoms with Crippen LogP contribution < -0.4 is 0 Å². The summed E-state index contributed by atoms with van der Waals surface area (Å²) in [5.41, 5.74) is 4.07. The van der Waals surface area contributed by atoms with Crippen LogP contribution in [0.15, 0.2) is 24.3 Å². The lowest BCUT2D eigenvalue weighted by molar-refractivity contribution is 0.0694. The number of nitrogens with zero attached hydrogens (tertiary/aromatic N) is 2. The first-order valence-corrected chi connectivity index (χ1v) is 9.39. The molecule has 0 aliphatic heterocycles. The molecule has 4 nitrogen and oxygen atoms in total. The average Bonchev–Trinajstić information content (AvgIpc) is 2.83. The maximum absolute atomic E-state index is 12.0. The van der Waals surface area contributed by atoms with Gasteiger partial charge in [0.15, 0.2) is 0 Å². The number of carbonyl (C=O) groups is 1. The molecule has 0 saturated carbocycles. The standard InChI is InChI=1S/C22H32N2O2/c1-8-9-18-19(20(25)26)17(14-21(2,3)4)23-24(18)16-12-10-15(11-13-16)22(5,6)7/h10-13H,8-9,14H2,1-7H3,(H,25,26). The molecule has 142 valence electrons. The zero-order valence-electron chi connectivity index (χ0n) is 17.2. The molecule has 0 fully saturated rings. The van der Waals surface area contributed by atoms with Gasteiger partial charge >= 0.3 is 5.97 Å². The van der Waals surface area contributed by atoms with Crippen molar-refractivity contribution in [2.24, 2.45) is 5.41 Å². The fraction of sp³-hybridized carbons (Fsp3) is 0.545. The number of aromatic carboxylic acids is 1. The normalized spacial score (nSPS) is 12.4. The second kappa shape index (κ2) is 7.26. The van der Waals surface area contributed by atoms with Gasteiger partial charge in [0, 0.05) is 0 Å². The highest BCUT2D eigenvalue weighted by molar-refractivity contribution is 5.90. The number of benzene rings is 1. The zero-order valence-corrected chi connectivity index (χ0v) is 17.2. The molecule has 0 spiro atoms. The third-order valence-corrected chi connectivity index (χ3v) is 4.43. The zero-order chi connectivity index (χ0) is 19.7. The van der Waals surface area contributed by atoms with Crippen LogP contribution in [-0.2, 0) is 18.3 Å². The molecule has 1 heterocycles. The van der Waals surface area contributed by atoms with Crippen LogP contribution in [0, 0.1) is 5.41 Å². The number of aromatic nitrogens is 2. The van der Waals surface area contributed by atoms with E-state index in [1.165, 1.54) is 5.56 Å². The van der Waals surface area contributed by atoms with Gasteiger partial charge in [0.2, 0.25) is 0 Å². The van der Waals surface area contributed by atoms with E-state index in [9.17, 15) is 9.90 Å². The van der Waals surface area contributed by atoms with Gasteiger partial charge in [0.25, 0.3) is 0 Å². The maximum Gasteiger partial charge on any atom is 0.339 e. The molecule has 0 aliphatic rings. The highest BCUT2D eigenvalue weighted by Crippen LogP contribution is 2.28. The summed E-state index contributed by atoms with van der Waals surface area (Å²) in [5.74, 6) is -0.884. The van der Waals surface area contributed by atoms with Crippen LogP contribution in [-0.4, -0.2) is 20.9 Å². The third-order valence-electron chi connectivity index (χ3n) is 4.43. The van der Waals surface area contributed by atoms with E-state index >= 15 is 0 Å². The lowest BCUT2D eigenvalue weighted by Gasteiger charge is -2.19. The molecule has 1 aromatic carbocycles. The number of carboxylic acid groups (broad SMARTS) is 1. The molecule has 2 rings (SSSR count). The van der Waals surface area contributed by atoms with Crippen molar-refractivity contribution < 1.29 is 9.90 Å². The molecule has 0 unspecified atom stereocenters. The molecule has 0 amide bonds. The Morgan fingerprint density at radius 1 is 1.08 bits per heavy atom. The van der Waals surface area contributed by atoms with Gasteiger partial charge < -0.3 is 5.11 Å². The molecule has 0 atom stereocenters. The molecular weight excluding hydrogens is 324 g/mol. The highest BCUT2D eigenvalue weighted by atomic mass is 16.4. The Kier molecular flexibility index (Phi) is 5.64. The molecule has 26 heavy (non-hydrogen) atoms. The quantitative estimate of drug-likeness (QED) is 0.779. The van der Waals surface area contributed by atoms with Crippen molar-refractivity contribution >= 4 is 5.97 Å². The smallest absolute Gasteiger partial charge is 0.339 e. The molecule has 0 radical (unpaired) electrons. The van der Waals surface area contributed by atoms with Gasteiger partial charge in [0.05, 0.1) is 17.1 Å². The fourth-order valence-electron chi connectivity index (χ4n) is 3.16. The summed E-state index contributed by atoms with van der Waals surface area (Å²) in [7, 11) is 0.